The summed E-state index contributed by atoms with van der Waals surface area (Å²) in [6.07, 6.45) is 2.29. The van der Waals surface area contributed by atoms with Crippen LogP contribution >= 0.6 is 15.9 Å². The molecule has 0 aliphatic carbocycles. The van der Waals surface area contributed by atoms with Crippen molar-refractivity contribution in [1.82, 2.24) is 0 Å². The Morgan fingerprint density at radius 1 is 1.24 bits per heavy atom. The van der Waals surface area contributed by atoms with Gasteiger partial charge in [0.1, 0.15) is 11.5 Å². The SMILES string of the molecule is O=C([O-])/C=C/c1ccc(-c2ccccc2Br)o1. The van der Waals surface area contributed by atoms with E-state index < -0.39 is 5.97 Å². The van der Waals surface area contributed by atoms with Crippen molar-refractivity contribution in [2.75, 3.05) is 0 Å². The first-order valence-electron chi connectivity index (χ1n) is 4.90. The van der Waals surface area contributed by atoms with Gasteiger partial charge in [-0.3, -0.25) is 0 Å². The lowest BCUT2D eigenvalue weighted by Crippen LogP contribution is -2.18. The molecular formula is C13H8BrO3-. The summed E-state index contributed by atoms with van der Waals surface area (Å²) < 4.78 is 6.41. The molecule has 1 aromatic carbocycles. The highest BCUT2D eigenvalue weighted by molar-refractivity contribution is 9.10. The van der Waals surface area contributed by atoms with E-state index in [1.807, 2.05) is 24.3 Å². The van der Waals surface area contributed by atoms with Gasteiger partial charge in [-0.05, 0) is 30.4 Å². The van der Waals surface area contributed by atoms with Gasteiger partial charge in [-0.15, -0.1) is 0 Å². The number of furan rings is 1. The third-order valence-electron chi connectivity index (χ3n) is 2.15. The van der Waals surface area contributed by atoms with E-state index in [1.54, 1.807) is 12.1 Å². The van der Waals surface area contributed by atoms with E-state index in [4.69, 9.17) is 4.42 Å². The lowest BCUT2D eigenvalue weighted by Gasteiger charge is -1.99. The number of rotatable bonds is 3. The molecule has 4 heteroatoms. The zero-order valence-electron chi connectivity index (χ0n) is 8.72. The highest BCUT2D eigenvalue weighted by Crippen LogP contribution is 2.29. The zero-order valence-corrected chi connectivity index (χ0v) is 10.3. The van der Waals surface area contributed by atoms with E-state index in [9.17, 15) is 9.90 Å². The smallest absolute Gasteiger partial charge is 0.135 e. The number of hydrogen-bond donors (Lipinski definition) is 0. The van der Waals surface area contributed by atoms with Crippen LogP contribution in [-0.2, 0) is 4.79 Å². The van der Waals surface area contributed by atoms with Crippen LogP contribution < -0.4 is 5.11 Å². The molecule has 0 radical (unpaired) electrons. The third-order valence-corrected chi connectivity index (χ3v) is 2.84. The first kappa shape index (κ1) is 11.7. The molecule has 1 aromatic heterocycles. The van der Waals surface area contributed by atoms with Crippen LogP contribution in [0.3, 0.4) is 0 Å². The summed E-state index contributed by atoms with van der Waals surface area (Å²) in [5.74, 6) is -0.0979. The second-order valence-electron chi connectivity index (χ2n) is 3.33. The Hall–Kier alpha value is -1.81. The van der Waals surface area contributed by atoms with Gasteiger partial charge >= 0.3 is 0 Å². The summed E-state index contributed by atoms with van der Waals surface area (Å²) in [5, 5.41) is 10.3. The molecule has 0 unspecified atom stereocenters. The van der Waals surface area contributed by atoms with Crippen molar-refractivity contribution in [3.63, 3.8) is 0 Å². The van der Waals surface area contributed by atoms with Crippen LogP contribution in [0.1, 0.15) is 5.76 Å². The maximum absolute atomic E-state index is 10.3. The van der Waals surface area contributed by atoms with Crippen LogP contribution in [0.15, 0.2) is 51.4 Å². The fourth-order valence-corrected chi connectivity index (χ4v) is 1.88. The molecule has 2 rings (SSSR count). The molecule has 0 bridgehead atoms. The highest BCUT2D eigenvalue weighted by Gasteiger charge is 2.05. The molecule has 1 heterocycles. The fourth-order valence-electron chi connectivity index (χ4n) is 1.40. The van der Waals surface area contributed by atoms with E-state index in [-0.39, 0.29) is 0 Å². The van der Waals surface area contributed by atoms with Gasteiger partial charge in [0.2, 0.25) is 0 Å². The molecule has 0 atom stereocenters. The number of carbonyl (C=O) groups excluding carboxylic acids is 1. The maximum atomic E-state index is 10.3. The van der Waals surface area contributed by atoms with Crippen molar-refractivity contribution in [2.45, 2.75) is 0 Å². The number of benzene rings is 1. The van der Waals surface area contributed by atoms with Crippen molar-refractivity contribution >= 4 is 28.0 Å². The normalized spacial score (nSPS) is 10.9. The molecule has 0 saturated heterocycles. The summed E-state index contributed by atoms with van der Waals surface area (Å²) in [4.78, 5) is 10.3. The van der Waals surface area contributed by atoms with Gasteiger partial charge in [0.25, 0.3) is 0 Å². The summed E-state index contributed by atoms with van der Waals surface area (Å²) in [7, 11) is 0. The quantitative estimate of drug-likeness (QED) is 0.817. The predicted molar refractivity (Wildman–Crippen MR) is 65.9 cm³/mol. The van der Waals surface area contributed by atoms with Crippen molar-refractivity contribution in [3.8, 4) is 11.3 Å². The van der Waals surface area contributed by atoms with Gasteiger partial charge in [0.05, 0.1) is 5.97 Å². The molecule has 0 spiro atoms. The third kappa shape index (κ3) is 2.85. The minimum absolute atomic E-state index is 0.472. The molecule has 3 nitrogen and oxygen atoms in total. The van der Waals surface area contributed by atoms with Gasteiger partial charge in [-0.1, -0.05) is 34.1 Å². The lowest BCUT2D eigenvalue weighted by atomic mass is 10.2. The van der Waals surface area contributed by atoms with Gasteiger partial charge in [-0.25, -0.2) is 0 Å². The van der Waals surface area contributed by atoms with Gasteiger partial charge in [0.15, 0.2) is 0 Å². The first-order chi connectivity index (χ1) is 8.16. The van der Waals surface area contributed by atoms with Crippen molar-refractivity contribution in [2.24, 2.45) is 0 Å². The highest BCUT2D eigenvalue weighted by atomic mass is 79.9. The molecule has 0 amide bonds. The van der Waals surface area contributed by atoms with Crippen LogP contribution in [0.2, 0.25) is 0 Å². The Labute approximate surface area is 107 Å². The average molecular weight is 292 g/mol. The number of carboxylic acids is 1. The summed E-state index contributed by atoms with van der Waals surface area (Å²) in [5.41, 5.74) is 0.917. The number of aliphatic carboxylic acids is 1. The fraction of sp³-hybridized carbons (Fsp3) is 0. The number of halogens is 1. The van der Waals surface area contributed by atoms with Crippen LogP contribution in [-0.4, -0.2) is 5.97 Å². The Kier molecular flexibility index (Phi) is 3.44. The van der Waals surface area contributed by atoms with Gasteiger partial charge < -0.3 is 14.3 Å². The van der Waals surface area contributed by atoms with E-state index in [0.29, 0.717) is 11.5 Å². The molecule has 0 saturated carbocycles. The lowest BCUT2D eigenvalue weighted by molar-refractivity contribution is -0.297. The van der Waals surface area contributed by atoms with E-state index >= 15 is 0 Å². The van der Waals surface area contributed by atoms with Crippen LogP contribution in [0.25, 0.3) is 17.4 Å². The standard InChI is InChI=1S/C13H9BrO3/c14-11-4-2-1-3-10(11)12-7-5-9(17-12)6-8-13(15)16/h1-8H,(H,15,16)/p-1/b8-6+. The number of carboxylic acid groups (broad SMARTS) is 1. The van der Waals surface area contributed by atoms with Crippen LogP contribution in [0.4, 0.5) is 0 Å². The minimum Gasteiger partial charge on any atom is -0.545 e. The second kappa shape index (κ2) is 5.01. The Morgan fingerprint density at radius 2 is 2.00 bits per heavy atom. The molecule has 0 aliphatic heterocycles. The molecule has 17 heavy (non-hydrogen) atoms. The monoisotopic (exact) mass is 291 g/mol. The Morgan fingerprint density at radius 3 is 2.71 bits per heavy atom. The molecule has 0 N–H and O–H groups in total. The Bertz CT molecular complexity index is 570. The van der Waals surface area contributed by atoms with Crippen molar-refractivity contribution in [3.05, 3.63) is 52.7 Å². The topological polar surface area (TPSA) is 53.3 Å². The second-order valence-corrected chi connectivity index (χ2v) is 4.19. The molecule has 0 aliphatic rings. The van der Waals surface area contributed by atoms with Crippen molar-refractivity contribution in [1.29, 1.82) is 0 Å². The summed E-state index contributed by atoms with van der Waals surface area (Å²) in [6, 6.07) is 11.1. The molecule has 86 valence electrons. The predicted octanol–water partition coefficient (Wildman–Crippen LogP) is 2.47. The largest absolute Gasteiger partial charge is 0.545 e. The van der Waals surface area contributed by atoms with Crippen LogP contribution in [0.5, 0.6) is 0 Å². The first-order valence-corrected chi connectivity index (χ1v) is 5.70. The molecular weight excluding hydrogens is 284 g/mol. The molecule has 2 aromatic rings. The summed E-state index contributed by atoms with van der Waals surface area (Å²) in [6.45, 7) is 0. The van der Waals surface area contributed by atoms with Gasteiger partial charge in [-0.2, -0.15) is 0 Å². The minimum atomic E-state index is -1.25. The van der Waals surface area contributed by atoms with E-state index in [0.717, 1.165) is 16.1 Å². The average Bonchev–Trinajstić information content (AvgIpc) is 2.75. The summed E-state index contributed by atoms with van der Waals surface area (Å²) >= 11 is 3.42. The van der Waals surface area contributed by atoms with E-state index in [1.165, 1.54) is 6.08 Å². The number of carbonyl (C=O) groups is 1. The molecule has 0 fully saturated rings. The maximum Gasteiger partial charge on any atom is 0.135 e. The zero-order chi connectivity index (χ0) is 12.3. The van der Waals surface area contributed by atoms with E-state index in [2.05, 4.69) is 15.9 Å². The van der Waals surface area contributed by atoms with Crippen molar-refractivity contribution < 1.29 is 14.3 Å². The van der Waals surface area contributed by atoms with Gasteiger partial charge in [0, 0.05) is 10.0 Å². The Balaban J connectivity index is 2.30. The van der Waals surface area contributed by atoms with Crippen LogP contribution in [0, 0.1) is 0 Å². The number of hydrogen-bond acceptors (Lipinski definition) is 3.